The third-order valence-electron chi connectivity index (χ3n) is 4.44. The van der Waals surface area contributed by atoms with Gasteiger partial charge in [0.2, 0.25) is 0 Å². The monoisotopic (exact) mass is 283 g/mol. The summed E-state index contributed by atoms with van der Waals surface area (Å²) < 4.78 is 2.34. The second-order valence-electron chi connectivity index (χ2n) is 6.32. The summed E-state index contributed by atoms with van der Waals surface area (Å²) in [6.07, 6.45) is 4.43. The van der Waals surface area contributed by atoms with Crippen molar-refractivity contribution in [3.63, 3.8) is 0 Å². The summed E-state index contributed by atoms with van der Waals surface area (Å²) in [7, 11) is 0. The van der Waals surface area contributed by atoms with E-state index in [0.29, 0.717) is 11.8 Å². The Morgan fingerprint density at radius 3 is 3.00 bits per heavy atom. The van der Waals surface area contributed by atoms with Gasteiger partial charge in [-0.3, -0.25) is 0 Å². The fourth-order valence-corrected chi connectivity index (χ4v) is 3.23. The molecule has 3 rings (SSSR count). The van der Waals surface area contributed by atoms with E-state index in [1.165, 1.54) is 29.7 Å². The van der Waals surface area contributed by atoms with Crippen LogP contribution in [0.25, 0.3) is 11.0 Å². The number of rotatable bonds is 4. The molecule has 21 heavy (non-hydrogen) atoms. The van der Waals surface area contributed by atoms with Crippen molar-refractivity contribution in [2.24, 2.45) is 0 Å². The fraction of sp³-hybridized carbons (Fsp3) is 0.500. The van der Waals surface area contributed by atoms with Crippen LogP contribution in [-0.4, -0.2) is 22.6 Å². The molecule has 1 aromatic carbocycles. The van der Waals surface area contributed by atoms with Crippen LogP contribution in [0.4, 0.5) is 0 Å². The molecule has 1 fully saturated rings. The van der Waals surface area contributed by atoms with Crippen molar-refractivity contribution in [1.82, 2.24) is 14.9 Å². The molecule has 0 saturated carbocycles. The Morgan fingerprint density at radius 1 is 1.48 bits per heavy atom. The van der Waals surface area contributed by atoms with E-state index >= 15 is 0 Å². The lowest BCUT2D eigenvalue weighted by atomic mass is 9.99. The molecule has 0 aliphatic carbocycles. The number of hydrogen-bond donors (Lipinski definition) is 1. The summed E-state index contributed by atoms with van der Waals surface area (Å²) in [5.74, 6) is 2.28. The Kier molecular flexibility index (Phi) is 4.11. The van der Waals surface area contributed by atoms with Crippen molar-refractivity contribution >= 4 is 11.0 Å². The van der Waals surface area contributed by atoms with Crippen LogP contribution in [0.3, 0.4) is 0 Å². The van der Waals surface area contributed by atoms with Gasteiger partial charge in [-0.1, -0.05) is 26.0 Å². The minimum Gasteiger partial charge on any atom is -0.324 e. The van der Waals surface area contributed by atoms with Crippen molar-refractivity contribution in [2.75, 3.05) is 13.1 Å². The number of imidazole rings is 1. The van der Waals surface area contributed by atoms with Crippen LogP contribution in [-0.2, 0) is 6.54 Å². The highest BCUT2D eigenvalue weighted by Gasteiger charge is 2.22. The van der Waals surface area contributed by atoms with Gasteiger partial charge >= 0.3 is 0 Å². The summed E-state index contributed by atoms with van der Waals surface area (Å²) in [5, 5.41) is 3.50. The fourth-order valence-electron chi connectivity index (χ4n) is 3.23. The van der Waals surface area contributed by atoms with Gasteiger partial charge in [0.15, 0.2) is 0 Å². The lowest BCUT2D eigenvalue weighted by Gasteiger charge is -2.23. The minimum atomic E-state index is 0.522. The van der Waals surface area contributed by atoms with Gasteiger partial charge in [-0.15, -0.1) is 6.58 Å². The standard InChI is InChI=1S/C18H25N3/c1-4-10-21-17-8-7-14(13(2)3)11-16(17)20-18(21)15-6-5-9-19-12-15/h4,7-8,11,13,15,19H,1,5-6,9-10,12H2,2-3H3. The summed E-state index contributed by atoms with van der Waals surface area (Å²) >= 11 is 0. The molecule has 1 aliphatic heterocycles. The van der Waals surface area contributed by atoms with E-state index in [0.717, 1.165) is 25.2 Å². The summed E-state index contributed by atoms with van der Waals surface area (Å²) in [6, 6.07) is 6.71. The van der Waals surface area contributed by atoms with E-state index in [9.17, 15) is 0 Å². The molecule has 1 unspecified atom stereocenters. The Bertz CT molecular complexity index is 633. The number of nitrogens with one attached hydrogen (secondary N) is 1. The number of nitrogens with zero attached hydrogens (tertiary/aromatic N) is 2. The highest BCUT2D eigenvalue weighted by atomic mass is 15.1. The summed E-state index contributed by atoms with van der Waals surface area (Å²) in [4.78, 5) is 4.97. The van der Waals surface area contributed by atoms with Crippen LogP contribution in [0.5, 0.6) is 0 Å². The van der Waals surface area contributed by atoms with Gasteiger partial charge in [-0.25, -0.2) is 4.98 Å². The molecule has 0 spiro atoms. The van der Waals surface area contributed by atoms with E-state index in [1.54, 1.807) is 0 Å². The average molecular weight is 283 g/mol. The predicted molar refractivity (Wildman–Crippen MR) is 88.9 cm³/mol. The molecule has 2 aromatic rings. The number of aromatic nitrogens is 2. The molecule has 0 radical (unpaired) electrons. The number of hydrogen-bond acceptors (Lipinski definition) is 2. The first-order chi connectivity index (χ1) is 10.2. The number of benzene rings is 1. The van der Waals surface area contributed by atoms with Gasteiger partial charge in [0.25, 0.3) is 0 Å². The highest BCUT2D eigenvalue weighted by Crippen LogP contribution is 2.28. The first-order valence-electron chi connectivity index (χ1n) is 8.02. The summed E-state index contributed by atoms with van der Waals surface area (Å²) in [6.45, 7) is 11.4. The van der Waals surface area contributed by atoms with Crippen LogP contribution in [0.1, 0.15) is 49.9 Å². The number of piperidine rings is 1. The van der Waals surface area contributed by atoms with Gasteiger partial charge in [0, 0.05) is 19.0 Å². The average Bonchev–Trinajstić information content (AvgIpc) is 2.86. The van der Waals surface area contributed by atoms with Gasteiger partial charge in [0.1, 0.15) is 5.82 Å². The van der Waals surface area contributed by atoms with Crippen LogP contribution < -0.4 is 5.32 Å². The Morgan fingerprint density at radius 2 is 2.33 bits per heavy atom. The Labute approximate surface area is 127 Å². The zero-order valence-electron chi connectivity index (χ0n) is 13.1. The molecule has 0 bridgehead atoms. The highest BCUT2D eigenvalue weighted by molar-refractivity contribution is 5.77. The largest absolute Gasteiger partial charge is 0.324 e. The number of allylic oxidation sites excluding steroid dienone is 1. The third kappa shape index (κ3) is 2.75. The molecule has 3 nitrogen and oxygen atoms in total. The molecule has 112 valence electrons. The molecule has 0 amide bonds. The molecule has 1 N–H and O–H groups in total. The molecule has 1 aromatic heterocycles. The topological polar surface area (TPSA) is 29.9 Å². The zero-order chi connectivity index (χ0) is 14.8. The van der Waals surface area contributed by atoms with Gasteiger partial charge < -0.3 is 9.88 Å². The second-order valence-corrected chi connectivity index (χ2v) is 6.32. The van der Waals surface area contributed by atoms with E-state index in [-0.39, 0.29) is 0 Å². The summed E-state index contributed by atoms with van der Waals surface area (Å²) in [5.41, 5.74) is 3.72. The van der Waals surface area contributed by atoms with Crippen molar-refractivity contribution in [3.05, 3.63) is 42.2 Å². The normalized spacial score (nSPS) is 19.3. The van der Waals surface area contributed by atoms with Crippen molar-refractivity contribution in [3.8, 4) is 0 Å². The van der Waals surface area contributed by atoms with E-state index in [4.69, 9.17) is 4.98 Å². The van der Waals surface area contributed by atoms with Crippen molar-refractivity contribution in [1.29, 1.82) is 0 Å². The van der Waals surface area contributed by atoms with Crippen molar-refractivity contribution < 1.29 is 0 Å². The first-order valence-corrected chi connectivity index (χ1v) is 8.02. The minimum absolute atomic E-state index is 0.522. The van der Waals surface area contributed by atoms with Gasteiger partial charge in [0.05, 0.1) is 11.0 Å². The lowest BCUT2D eigenvalue weighted by molar-refractivity contribution is 0.438. The Hall–Kier alpha value is -1.61. The van der Waals surface area contributed by atoms with Crippen LogP contribution in [0.15, 0.2) is 30.9 Å². The molecular weight excluding hydrogens is 258 g/mol. The quantitative estimate of drug-likeness (QED) is 0.865. The molecule has 1 aliphatic rings. The van der Waals surface area contributed by atoms with E-state index in [1.807, 2.05) is 6.08 Å². The van der Waals surface area contributed by atoms with Crippen molar-refractivity contribution in [2.45, 2.75) is 45.1 Å². The van der Waals surface area contributed by atoms with Crippen LogP contribution in [0.2, 0.25) is 0 Å². The maximum atomic E-state index is 4.97. The molecule has 2 heterocycles. The number of fused-ring (bicyclic) bond motifs is 1. The third-order valence-corrected chi connectivity index (χ3v) is 4.44. The van der Waals surface area contributed by atoms with Crippen LogP contribution >= 0.6 is 0 Å². The second kappa shape index (κ2) is 6.02. The molecule has 1 saturated heterocycles. The maximum Gasteiger partial charge on any atom is 0.114 e. The van der Waals surface area contributed by atoms with Crippen LogP contribution in [0, 0.1) is 0 Å². The lowest BCUT2D eigenvalue weighted by Crippen LogP contribution is -2.30. The first kappa shape index (κ1) is 14.3. The Balaban J connectivity index is 2.08. The van der Waals surface area contributed by atoms with E-state index < -0.39 is 0 Å². The van der Waals surface area contributed by atoms with Gasteiger partial charge in [-0.2, -0.15) is 0 Å². The molecule has 1 atom stereocenters. The SMILES string of the molecule is C=CCn1c(C2CCCNC2)nc2cc(C(C)C)ccc21. The molecular formula is C18H25N3. The maximum absolute atomic E-state index is 4.97. The van der Waals surface area contributed by atoms with E-state index in [2.05, 4.69) is 48.5 Å². The smallest absolute Gasteiger partial charge is 0.114 e. The molecule has 3 heteroatoms. The van der Waals surface area contributed by atoms with Gasteiger partial charge in [-0.05, 0) is 43.0 Å². The predicted octanol–water partition coefficient (Wildman–Crippen LogP) is 3.81. The zero-order valence-corrected chi connectivity index (χ0v) is 13.1.